The van der Waals surface area contributed by atoms with Gasteiger partial charge in [0.15, 0.2) is 5.65 Å². The summed E-state index contributed by atoms with van der Waals surface area (Å²) in [7, 11) is 0. The lowest BCUT2D eigenvalue weighted by Crippen LogP contribution is -2.25. The number of aromatic nitrogens is 4. The van der Waals surface area contributed by atoms with E-state index in [0.717, 1.165) is 5.56 Å². The molecule has 0 aliphatic carbocycles. The number of rotatable bonds is 3. The summed E-state index contributed by atoms with van der Waals surface area (Å²) in [4.78, 5) is 20.2. The second-order valence-corrected chi connectivity index (χ2v) is 3.98. The fourth-order valence-electron chi connectivity index (χ4n) is 1.78. The zero-order valence-electron chi connectivity index (χ0n) is 10.0. The minimum atomic E-state index is -0.194. The minimum absolute atomic E-state index is 0.194. The predicted molar refractivity (Wildman–Crippen MR) is 68.4 cm³/mol. The van der Waals surface area contributed by atoms with Gasteiger partial charge < -0.3 is 5.32 Å². The highest BCUT2D eigenvalue weighted by atomic mass is 16.1. The van der Waals surface area contributed by atoms with E-state index in [2.05, 4.69) is 20.4 Å². The number of pyridine rings is 1. The van der Waals surface area contributed by atoms with Gasteiger partial charge in [-0.2, -0.15) is 5.10 Å². The van der Waals surface area contributed by atoms with Crippen LogP contribution in [0.5, 0.6) is 0 Å². The maximum atomic E-state index is 12.1. The molecule has 3 rings (SSSR count). The van der Waals surface area contributed by atoms with Crippen molar-refractivity contribution in [2.24, 2.45) is 0 Å². The predicted octanol–water partition coefficient (Wildman–Crippen LogP) is 1.05. The second-order valence-electron chi connectivity index (χ2n) is 3.98. The molecule has 0 aliphatic rings. The standard InChI is InChI=1S/C13H11N5O/c19-13(16-9-10-2-1-5-14-8-10)11-3-6-15-12-4-7-17-18(11)12/h1-8H,9H2,(H,16,19). The van der Waals surface area contributed by atoms with Crippen LogP contribution < -0.4 is 5.32 Å². The molecular weight excluding hydrogens is 242 g/mol. The zero-order valence-corrected chi connectivity index (χ0v) is 10.0. The largest absolute Gasteiger partial charge is 0.347 e. The van der Waals surface area contributed by atoms with E-state index >= 15 is 0 Å². The number of carbonyl (C=O) groups is 1. The molecule has 19 heavy (non-hydrogen) atoms. The number of amides is 1. The monoisotopic (exact) mass is 253 g/mol. The Balaban J connectivity index is 1.79. The number of hydrogen-bond acceptors (Lipinski definition) is 4. The summed E-state index contributed by atoms with van der Waals surface area (Å²) in [6.07, 6.45) is 6.62. The first kappa shape index (κ1) is 11.3. The van der Waals surface area contributed by atoms with Crippen molar-refractivity contribution in [2.45, 2.75) is 6.54 Å². The first-order valence-electron chi connectivity index (χ1n) is 5.80. The summed E-state index contributed by atoms with van der Waals surface area (Å²) in [6.45, 7) is 0.428. The average Bonchev–Trinajstić information content (AvgIpc) is 2.94. The number of nitrogens with one attached hydrogen (secondary N) is 1. The van der Waals surface area contributed by atoms with Crippen molar-refractivity contribution in [2.75, 3.05) is 0 Å². The van der Waals surface area contributed by atoms with Crippen LogP contribution in [0.25, 0.3) is 5.65 Å². The van der Waals surface area contributed by atoms with Crippen LogP contribution in [0.3, 0.4) is 0 Å². The van der Waals surface area contributed by atoms with E-state index in [9.17, 15) is 4.79 Å². The third kappa shape index (κ3) is 2.28. The van der Waals surface area contributed by atoms with Gasteiger partial charge in [-0.1, -0.05) is 6.07 Å². The molecule has 0 aliphatic heterocycles. The van der Waals surface area contributed by atoms with Crippen molar-refractivity contribution < 1.29 is 4.79 Å². The molecule has 0 aromatic carbocycles. The van der Waals surface area contributed by atoms with Crippen molar-refractivity contribution in [3.05, 3.63) is 60.3 Å². The summed E-state index contributed by atoms with van der Waals surface area (Å²) in [5.41, 5.74) is 2.05. The topological polar surface area (TPSA) is 72.2 Å². The smallest absolute Gasteiger partial charge is 0.270 e. The third-order valence-electron chi connectivity index (χ3n) is 2.70. The van der Waals surface area contributed by atoms with Gasteiger partial charge in [0.1, 0.15) is 5.69 Å². The van der Waals surface area contributed by atoms with Gasteiger partial charge in [0.2, 0.25) is 0 Å². The molecule has 0 spiro atoms. The molecule has 0 unspecified atom stereocenters. The van der Waals surface area contributed by atoms with E-state index in [1.54, 1.807) is 36.9 Å². The Morgan fingerprint density at radius 3 is 3.00 bits per heavy atom. The molecule has 1 N–H and O–H groups in total. The summed E-state index contributed by atoms with van der Waals surface area (Å²) < 4.78 is 1.51. The molecule has 6 nitrogen and oxygen atoms in total. The van der Waals surface area contributed by atoms with E-state index in [4.69, 9.17) is 0 Å². The van der Waals surface area contributed by atoms with Crippen molar-refractivity contribution in [3.63, 3.8) is 0 Å². The molecule has 0 saturated heterocycles. The van der Waals surface area contributed by atoms with Gasteiger partial charge in [-0.15, -0.1) is 0 Å². The Morgan fingerprint density at radius 2 is 2.16 bits per heavy atom. The van der Waals surface area contributed by atoms with Crippen LogP contribution in [0.4, 0.5) is 0 Å². The van der Waals surface area contributed by atoms with E-state index < -0.39 is 0 Å². The van der Waals surface area contributed by atoms with Crippen molar-refractivity contribution in [1.82, 2.24) is 24.9 Å². The van der Waals surface area contributed by atoms with E-state index in [0.29, 0.717) is 17.9 Å². The molecule has 1 amide bonds. The number of carbonyl (C=O) groups excluding carboxylic acids is 1. The maximum absolute atomic E-state index is 12.1. The number of nitrogens with zero attached hydrogens (tertiary/aromatic N) is 4. The van der Waals surface area contributed by atoms with Crippen LogP contribution in [0, 0.1) is 0 Å². The van der Waals surface area contributed by atoms with Gasteiger partial charge >= 0.3 is 0 Å². The fraction of sp³-hybridized carbons (Fsp3) is 0.0769. The van der Waals surface area contributed by atoms with Crippen LogP contribution in [-0.4, -0.2) is 25.5 Å². The van der Waals surface area contributed by atoms with Gasteiger partial charge in [0.05, 0.1) is 6.20 Å². The van der Waals surface area contributed by atoms with Gasteiger partial charge in [0.25, 0.3) is 5.91 Å². The highest BCUT2D eigenvalue weighted by molar-refractivity contribution is 5.92. The molecule has 3 heterocycles. The Hall–Kier alpha value is -2.76. The lowest BCUT2D eigenvalue weighted by atomic mass is 10.3. The van der Waals surface area contributed by atoms with E-state index in [-0.39, 0.29) is 5.91 Å². The van der Waals surface area contributed by atoms with Crippen LogP contribution in [-0.2, 0) is 6.54 Å². The first-order valence-corrected chi connectivity index (χ1v) is 5.80. The first-order chi connectivity index (χ1) is 9.34. The number of fused-ring (bicyclic) bond motifs is 1. The highest BCUT2D eigenvalue weighted by Crippen LogP contribution is 2.03. The van der Waals surface area contributed by atoms with Gasteiger partial charge in [0, 0.05) is 31.2 Å². The van der Waals surface area contributed by atoms with Crippen LogP contribution in [0.1, 0.15) is 16.1 Å². The molecule has 3 aromatic rings. The van der Waals surface area contributed by atoms with Crippen LogP contribution >= 0.6 is 0 Å². The average molecular weight is 253 g/mol. The summed E-state index contributed by atoms with van der Waals surface area (Å²) >= 11 is 0. The molecule has 94 valence electrons. The van der Waals surface area contributed by atoms with Crippen molar-refractivity contribution in [3.8, 4) is 0 Å². The van der Waals surface area contributed by atoms with Gasteiger partial charge in [-0.05, 0) is 17.7 Å². The Labute approximate surface area is 109 Å². The molecule has 0 radical (unpaired) electrons. The van der Waals surface area contributed by atoms with Crippen LogP contribution in [0.15, 0.2) is 49.1 Å². The summed E-state index contributed by atoms with van der Waals surface area (Å²) in [5.74, 6) is -0.194. The Bertz CT molecular complexity index is 707. The Morgan fingerprint density at radius 1 is 1.21 bits per heavy atom. The molecule has 0 atom stereocenters. The summed E-state index contributed by atoms with van der Waals surface area (Å²) in [6, 6.07) is 7.12. The molecule has 0 saturated carbocycles. The van der Waals surface area contributed by atoms with Crippen molar-refractivity contribution >= 4 is 11.6 Å². The highest BCUT2D eigenvalue weighted by Gasteiger charge is 2.10. The fourth-order valence-corrected chi connectivity index (χ4v) is 1.78. The lowest BCUT2D eigenvalue weighted by molar-refractivity contribution is 0.0943. The molecule has 0 fully saturated rings. The molecular formula is C13H11N5O. The molecule has 3 aromatic heterocycles. The van der Waals surface area contributed by atoms with Crippen LogP contribution in [0.2, 0.25) is 0 Å². The Kier molecular flexibility index (Phi) is 2.89. The summed E-state index contributed by atoms with van der Waals surface area (Å²) in [5, 5.41) is 6.91. The third-order valence-corrected chi connectivity index (χ3v) is 2.70. The van der Waals surface area contributed by atoms with E-state index in [1.807, 2.05) is 12.1 Å². The lowest BCUT2D eigenvalue weighted by Gasteiger charge is -2.06. The maximum Gasteiger partial charge on any atom is 0.270 e. The van der Waals surface area contributed by atoms with Gasteiger partial charge in [-0.3, -0.25) is 9.78 Å². The quantitative estimate of drug-likeness (QED) is 0.757. The normalized spacial score (nSPS) is 10.5. The van der Waals surface area contributed by atoms with Crippen molar-refractivity contribution in [1.29, 1.82) is 0 Å². The minimum Gasteiger partial charge on any atom is -0.347 e. The van der Waals surface area contributed by atoms with Gasteiger partial charge in [-0.25, -0.2) is 9.50 Å². The molecule has 6 heteroatoms. The number of hydrogen-bond donors (Lipinski definition) is 1. The SMILES string of the molecule is O=C(NCc1cccnc1)c1ccnc2ccnn12. The second kappa shape index (κ2) is 4.85. The zero-order chi connectivity index (χ0) is 13.1. The van der Waals surface area contributed by atoms with E-state index in [1.165, 1.54) is 4.52 Å². The molecule has 0 bridgehead atoms.